The normalized spacial score (nSPS) is 10.8. The van der Waals surface area contributed by atoms with Gasteiger partial charge in [0.05, 0.1) is 6.61 Å². The molecule has 1 N–H and O–H groups in total. The van der Waals surface area contributed by atoms with Crippen molar-refractivity contribution in [3.63, 3.8) is 0 Å². The molecule has 0 atom stereocenters. The van der Waals surface area contributed by atoms with Crippen LogP contribution in [0.1, 0.15) is 67.2 Å². The van der Waals surface area contributed by atoms with Crippen molar-refractivity contribution in [2.45, 2.75) is 78.4 Å². The van der Waals surface area contributed by atoms with Crippen LogP contribution in [0.15, 0.2) is 24.3 Å². The first-order chi connectivity index (χ1) is 17.1. The van der Waals surface area contributed by atoms with Crippen LogP contribution in [0, 0.1) is 7.40 Å². The van der Waals surface area contributed by atoms with Gasteiger partial charge in [-0.15, -0.1) is 20.4 Å². The summed E-state index contributed by atoms with van der Waals surface area (Å²) in [6.07, 6.45) is 1.72. The molecule has 2 aromatic rings. The number of hydrogen-bond donors (Lipinski definition) is 1. The molecule has 0 aromatic carbocycles. The third-order valence-electron chi connectivity index (χ3n) is 3.36. The van der Waals surface area contributed by atoms with Crippen molar-refractivity contribution < 1.29 is 28.9 Å². The average Bonchev–Trinajstić information content (AvgIpc) is 2.77. The molecule has 2 aromatic heterocycles. The Hall–Kier alpha value is -1.39. The van der Waals surface area contributed by atoms with Crippen molar-refractivity contribution in [3.8, 4) is 5.88 Å². The summed E-state index contributed by atoms with van der Waals surface area (Å²) in [4.78, 5) is 22.3. The molecule has 0 aliphatic heterocycles. The van der Waals surface area contributed by atoms with Crippen LogP contribution in [-0.2, 0) is 19.1 Å². The molecule has 0 aliphatic carbocycles. The number of nitrogens with zero attached hydrogens (tertiary/aromatic N) is 4. The molecule has 0 saturated carbocycles. The van der Waals surface area contributed by atoms with E-state index in [1.807, 2.05) is 47.6 Å². The maximum atomic E-state index is 11.4. The molecule has 10 nitrogen and oxygen atoms in total. The van der Waals surface area contributed by atoms with Gasteiger partial charge >= 0.3 is 11.9 Å². The lowest BCUT2D eigenvalue weighted by molar-refractivity contribution is -0.156. The summed E-state index contributed by atoms with van der Waals surface area (Å²) in [6, 6.07) is 7.07. The van der Waals surface area contributed by atoms with E-state index in [1.165, 1.54) is 0 Å². The standard InChI is InChI=1S/C12H17IN2O3.C8H16O3.C4H2ClIN2/c1-12(2,3)18-11(16)5-4-8-17-10-7-6-9(13)14-15-10;1-8(2,3)11-7(10)5-4-6-9;5-3-1-2-4(6)8-7-3/h6-7H,4-5,8H2,1-3H3;9H,4-6H2,1-3H3;1-2H. The second kappa shape index (κ2) is 18.8. The summed E-state index contributed by atoms with van der Waals surface area (Å²) in [5.74, 6) is 0.0194. The number of aromatic nitrogens is 4. The molecule has 0 bridgehead atoms. The molecule has 2 rings (SSSR count). The fourth-order valence-electron chi connectivity index (χ4n) is 2.08. The van der Waals surface area contributed by atoms with Crippen LogP contribution in [-0.4, -0.2) is 61.9 Å². The van der Waals surface area contributed by atoms with Crippen molar-refractivity contribution in [1.29, 1.82) is 0 Å². The Morgan fingerprint density at radius 2 is 1.30 bits per heavy atom. The van der Waals surface area contributed by atoms with Crippen molar-refractivity contribution in [2.75, 3.05) is 13.2 Å². The molecule has 0 radical (unpaired) electrons. The molecule has 37 heavy (non-hydrogen) atoms. The van der Waals surface area contributed by atoms with Gasteiger partial charge in [0.15, 0.2) is 5.15 Å². The number of hydrogen-bond acceptors (Lipinski definition) is 10. The van der Waals surface area contributed by atoms with E-state index in [9.17, 15) is 9.59 Å². The summed E-state index contributed by atoms with van der Waals surface area (Å²) in [5, 5.41) is 23.8. The molecule has 0 saturated heterocycles. The van der Waals surface area contributed by atoms with Gasteiger partial charge in [0.1, 0.15) is 18.6 Å². The number of rotatable bonds is 8. The van der Waals surface area contributed by atoms with Gasteiger partial charge in [0, 0.05) is 25.5 Å². The highest BCUT2D eigenvalue weighted by molar-refractivity contribution is 14.1. The first-order valence-electron chi connectivity index (χ1n) is 11.4. The Labute approximate surface area is 250 Å². The van der Waals surface area contributed by atoms with Gasteiger partial charge < -0.3 is 19.3 Å². The van der Waals surface area contributed by atoms with E-state index >= 15 is 0 Å². The van der Waals surface area contributed by atoms with Crippen LogP contribution in [0.5, 0.6) is 5.88 Å². The molecule has 0 fully saturated rings. The monoisotopic (exact) mass is 764 g/mol. The van der Waals surface area contributed by atoms with E-state index < -0.39 is 11.2 Å². The second-order valence-corrected chi connectivity index (χ2v) is 11.9. The highest BCUT2D eigenvalue weighted by Crippen LogP contribution is 2.11. The topological polar surface area (TPSA) is 134 Å². The van der Waals surface area contributed by atoms with Crippen LogP contribution < -0.4 is 4.74 Å². The third-order valence-corrected chi connectivity index (χ3v) is 4.71. The number of aliphatic hydroxyl groups is 1. The summed E-state index contributed by atoms with van der Waals surface area (Å²) in [5.41, 5.74) is -0.841. The molecule has 0 amide bonds. The zero-order chi connectivity index (χ0) is 28.5. The van der Waals surface area contributed by atoms with E-state index in [4.69, 9.17) is 30.9 Å². The Kier molecular flexibility index (Phi) is 18.1. The number of carbonyl (C=O) groups is 2. The second-order valence-electron chi connectivity index (χ2n) is 9.33. The van der Waals surface area contributed by atoms with Crippen molar-refractivity contribution in [3.05, 3.63) is 36.8 Å². The van der Waals surface area contributed by atoms with Gasteiger partial charge in [-0.05, 0) is 118 Å². The largest absolute Gasteiger partial charge is 0.477 e. The zero-order valence-electron chi connectivity index (χ0n) is 22.0. The van der Waals surface area contributed by atoms with Gasteiger partial charge in [-0.1, -0.05) is 11.6 Å². The minimum atomic E-state index is -0.431. The number of esters is 2. The quantitative estimate of drug-likeness (QED) is 0.211. The van der Waals surface area contributed by atoms with Crippen molar-refractivity contribution >= 4 is 68.7 Å². The van der Waals surface area contributed by atoms with Gasteiger partial charge in [-0.25, -0.2) is 0 Å². The molecule has 2 heterocycles. The Bertz CT molecular complexity index is 900. The van der Waals surface area contributed by atoms with Crippen LogP contribution in [0.2, 0.25) is 5.15 Å². The highest BCUT2D eigenvalue weighted by Gasteiger charge is 2.16. The first-order valence-corrected chi connectivity index (χ1v) is 14.0. The molecule has 0 spiro atoms. The van der Waals surface area contributed by atoms with E-state index in [0.717, 1.165) is 7.40 Å². The van der Waals surface area contributed by atoms with Gasteiger partial charge in [-0.3, -0.25) is 9.59 Å². The van der Waals surface area contributed by atoms with Gasteiger partial charge in [0.25, 0.3) is 0 Å². The Morgan fingerprint density at radius 3 is 1.68 bits per heavy atom. The minimum absolute atomic E-state index is 0.0409. The molecular weight excluding hydrogens is 730 g/mol. The first kappa shape index (κ1) is 35.6. The summed E-state index contributed by atoms with van der Waals surface area (Å²) < 4.78 is 17.2. The van der Waals surface area contributed by atoms with Crippen LogP contribution in [0.3, 0.4) is 0 Å². The number of aliphatic hydroxyl groups excluding tert-OH is 1. The SMILES string of the molecule is CC(C)(C)OC(=O)CCCO.CC(C)(C)OC(=O)CCCOc1ccc(I)nn1.Clc1ccc(I)nn1. The lowest BCUT2D eigenvalue weighted by Gasteiger charge is -2.19. The molecule has 0 aliphatic rings. The summed E-state index contributed by atoms with van der Waals surface area (Å²) in [7, 11) is 0. The van der Waals surface area contributed by atoms with Gasteiger partial charge in [0.2, 0.25) is 5.88 Å². The maximum Gasteiger partial charge on any atom is 0.306 e. The highest BCUT2D eigenvalue weighted by atomic mass is 127. The molecular formula is C24H35ClI2N4O6. The Balaban J connectivity index is 0.000000579. The zero-order valence-corrected chi connectivity index (χ0v) is 27.0. The van der Waals surface area contributed by atoms with Crippen LogP contribution in [0.25, 0.3) is 0 Å². The number of halogens is 3. The van der Waals surface area contributed by atoms with E-state index in [2.05, 4.69) is 65.6 Å². The van der Waals surface area contributed by atoms with E-state index in [0.29, 0.717) is 43.3 Å². The lowest BCUT2D eigenvalue weighted by Crippen LogP contribution is -2.24. The van der Waals surface area contributed by atoms with Crippen LogP contribution >= 0.6 is 56.8 Å². The smallest absolute Gasteiger partial charge is 0.306 e. The molecule has 0 unspecified atom stereocenters. The average molecular weight is 765 g/mol. The fraction of sp³-hybridized carbons (Fsp3) is 0.583. The third kappa shape index (κ3) is 23.5. The minimum Gasteiger partial charge on any atom is -0.477 e. The summed E-state index contributed by atoms with van der Waals surface area (Å²) in [6.45, 7) is 11.5. The predicted molar refractivity (Wildman–Crippen MR) is 157 cm³/mol. The number of ether oxygens (including phenoxy) is 3. The summed E-state index contributed by atoms with van der Waals surface area (Å²) >= 11 is 9.57. The molecule has 208 valence electrons. The number of carbonyl (C=O) groups excluding carboxylic acids is 2. The van der Waals surface area contributed by atoms with E-state index in [1.54, 1.807) is 18.2 Å². The fourth-order valence-corrected chi connectivity index (χ4v) is 2.76. The van der Waals surface area contributed by atoms with Crippen molar-refractivity contribution in [2.24, 2.45) is 0 Å². The van der Waals surface area contributed by atoms with Crippen LogP contribution in [0.4, 0.5) is 0 Å². The van der Waals surface area contributed by atoms with Gasteiger partial charge in [-0.2, -0.15) is 0 Å². The maximum absolute atomic E-state index is 11.4. The molecule has 13 heteroatoms. The lowest BCUT2D eigenvalue weighted by atomic mass is 10.2. The Morgan fingerprint density at radius 1 is 0.811 bits per heavy atom. The van der Waals surface area contributed by atoms with E-state index in [-0.39, 0.29) is 18.5 Å². The predicted octanol–water partition coefficient (Wildman–Crippen LogP) is 5.42. The van der Waals surface area contributed by atoms with Crippen molar-refractivity contribution in [1.82, 2.24) is 20.4 Å².